The van der Waals surface area contributed by atoms with E-state index in [0.717, 1.165) is 62.7 Å². The van der Waals surface area contributed by atoms with Gasteiger partial charge in [0.05, 0.1) is 5.69 Å². The number of aromatic carboxylic acids is 1. The number of ether oxygens (including phenoxy) is 1. The Hall–Kier alpha value is -2.35. The second-order valence-corrected chi connectivity index (χ2v) is 13.5. The smallest absolute Gasteiger partial charge is 0.407 e. The first kappa shape index (κ1) is 28.7. The van der Waals surface area contributed by atoms with Crippen LogP contribution in [0, 0.1) is 11.8 Å². The molecule has 3 aliphatic rings. The van der Waals surface area contributed by atoms with Crippen LogP contribution in [0.4, 0.5) is 10.5 Å². The van der Waals surface area contributed by atoms with Crippen LogP contribution in [-0.2, 0) is 9.53 Å². The van der Waals surface area contributed by atoms with Crippen molar-refractivity contribution in [3.8, 4) is 0 Å². The molecule has 0 unspecified atom stereocenters. The summed E-state index contributed by atoms with van der Waals surface area (Å²) in [6.45, 7) is 7.77. The number of nitrogens with zero attached hydrogens (tertiary/aromatic N) is 1. The molecule has 2 N–H and O–H groups in total. The molecule has 8 heteroatoms. The fraction of sp³-hybridized carbons (Fsp3) is 0.700. The van der Waals surface area contributed by atoms with Crippen LogP contribution in [0.15, 0.2) is 12.1 Å². The van der Waals surface area contributed by atoms with Gasteiger partial charge in [0.15, 0.2) is 0 Å². The summed E-state index contributed by atoms with van der Waals surface area (Å²) in [4.78, 5) is 42.0. The molecule has 0 atom stereocenters. The first-order valence-electron chi connectivity index (χ1n) is 14.4. The number of amides is 2. The van der Waals surface area contributed by atoms with Gasteiger partial charge in [0.25, 0.3) is 0 Å². The first-order chi connectivity index (χ1) is 18.0. The molecule has 0 aromatic carbocycles. The minimum Gasteiger partial charge on any atom is -0.477 e. The molecule has 4 rings (SSSR count). The summed E-state index contributed by atoms with van der Waals surface area (Å²) in [6, 6.07) is 1.87. The van der Waals surface area contributed by atoms with Crippen LogP contribution >= 0.6 is 11.3 Å². The Morgan fingerprint density at radius 1 is 1.03 bits per heavy atom. The molecular formula is C30H44N2O5S. The molecule has 2 saturated carbocycles. The third-order valence-electron chi connectivity index (χ3n) is 8.16. The van der Waals surface area contributed by atoms with Crippen molar-refractivity contribution in [2.24, 2.45) is 11.8 Å². The number of hydrogen-bond donors (Lipinski definition) is 2. The normalized spacial score (nSPS) is 26.3. The van der Waals surface area contributed by atoms with Gasteiger partial charge in [-0.05, 0) is 115 Å². The lowest BCUT2D eigenvalue weighted by molar-refractivity contribution is -0.124. The maximum absolute atomic E-state index is 14.1. The van der Waals surface area contributed by atoms with Gasteiger partial charge in [-0.2, -0.15) is 0 Å². The van der Waals surface area contributed by atoms with E-state index in [2.05, 4.69) is 18.3 Å². The lowest BCUT2D eigenvalue weighted by Crippen LogP contribution is -2.49. The van der Waals surface area contributed by atoms with Crippen LogP contribution in [-0.4, -0.2) is 40.8 Å². The summed E-state index contributed by atoms with van der Waals surface area (Å²) < 4.78 is 5.43. The predicted octanol–water partition coefficient (Wildman–Crippen LogP) is 7.40. The quantitative estimate of drug-likeness (QED) is 0.389. The van der Waals surface area contributed by atoms with E-state index in [1.165, 1.54) is 23.3 Å². The zero-order chi connectivity index (χ0) is 27.4. The van der Waals surface area contributed by atoms with Crippen LogP contribution < -0.4 is 10.2 Å². The van der Waals surface area contributed by atoms with Crippen LogP contribution in [0.25, 0.3) is 5.57 Å². The number of nitrogens with one attached hydrogen (secondary N) is 1. The van der Waals surface area contributed by atoms with E-state index in [9.17, 15) is 19.5 Å². The maximum atomic E-state index is 14.1. The van der Waals surface area contributed by atoms with Crippen molar-refractivity contribution in [2.75, 3.05) is 4.90 Å². The molecule has 2 fully saturated rings. The second-order valence-electron chi connectivity index (χ2n) is 12.4. The number of carbonyl (C=O) groups excluding carboxylic acids is 2. The molecule has 0 bridgehead atoms. The standard InChI is InChI=1S/C30H44N2O5S/c1-19-10-12-21(13-11-19)27(33)32(23-16-14-22(15-17-23)31-29(36)37-30(2,3)4)24-18-25(38-26(24)28(34)35)20-8-6-5-7-9-20/h8,18-19,21-23H,5-7,9-17H2,1-4H3,(H,31,36)(H,34,35). The van der Waals surface area contributed by atoms with Gasteiger partial charge >= 0.3 is 12.1 Å². The summed E-state index contributed by atoms with van der Waals surface area (Å²) >= 11 is 1.31. The van der Waals surface area contributed by atoms with Gasteiger partial charge in [-0.25, -0.2) is 9.59 Å². The topological polar surface area (TPSA) is 95.9 Å². The monoisotopic (exact) mass is 544 g/mol. The number of carboxylic acid groups (broad SMARTS) is 1. The van der Waals surface area contributed by atoms with Gasteiger partial charge in [-0.15, -0.1) is 11.3 Å². The number of allylic oxidation sites excluding steroid dienone is 2. The van der Waals surface area contributed by atoms with Crippen molar-refractivity contribution < 1.29 is 24.2 Å². The fourth-order valence-electron chi connectivity index (χ4n) is 6.09. The highest BCUT2D eigenvalue weighted by Crippen LogP contribution is 2.42. The van der Waals surface area contributed by atoms with E-state index in [0.29, 0.717) is 24.4 Å². The Morgan fingerprint density at radius 2 is 1.71 bits per heavy atom. The zero-order valence-corrected chi connectivity index (χ0v) is 24.2. The van der Waals surface area contributed by atoms with E-state index in [1.807, 2.05) is 31.7 Å². The molecule has 0 radical (unpaired) electrons. The number of hydrogen-bond acceptors (Lipinski definition) is 5. The van der Waals surface area contributed by atoms with Gasteiger partial charge in [0.2, 0.25) is 5.91 Å². The Balaban J connectivity index is 1.58. The summed E-state index contributed by atoms with van der Waals surface area (Å²) in [5.41, 5.74) is 1.22. The molecule has 0 spiro atoms. The second kappa shape index (κ2) is 12.2. The van der Waals surface area contributed by atoms with Gasteiger partial charge < -0.3 is 20.1 Å². The largest absolute Gasteiger partial charge is 0.477 e. The van der Waals surface area contributed by atoms with Crippen molar-refractivity contribution in [3.63, 3.8) is 0 Å². The third kappa shape index (κ3) is 7.19. The van der Waals surface area contributed by atoms with Gasteiger partial charge in [-0.3, -0.25) is 4.79 Å². The van der Waals surface area contributed by atoms with Gasteiger partial charge in [0, 0.05) is 22.9 Å². The molecule has 7 nitrogen and oxygen atoms in total. The molecule has 2 amide bonds. The first-order valence-corrected chi connectivity index (χ1v) is 15.2. The highest BCUT2D eigenvalue weighted by atomic mass is 32.1. The zero-order valence-electron chi connectivity index (χ0n) is 23.4. The minimum atomic E-state index is -0.969. The number of alkyl carbamates (subject to hydrolysis) is 1. The number of rotatable bonds is 6. The lowest BCUT2D eigenvalue weighted by atomic mass is 9.81. The van der Waals surface area contributed by atoms with E-state index < -0.39 is 17.7 Å². The molecular weight excluding hydrogens is 500 g/mol. The summed E-state index contributed by atoms with van der Waals surface area (Å²) in [7, 11) is 0. The van der Waals surface area contributed by atoms with E-state index >= 15 is 0 Å². The highest BCUT2D eigenvalue weighted by Gasteiger charge is 2.38. The average Bonchev–Trinajstić information content (AvgIpc) is 3.30. The number of anilines is 1. The Labute approximate surface area is 231 Å². The van der Waals surface area contributed by atoms with Gasteiger partial charge in [0.1, 0.15) is 10.5 Å². The molecule has 38 heavy (non-hydrogen) atoms. The maximum Gasteiger partial charge on any atom is 0.407 e. The predicted molar refractivity (Wildman–Crippen MR) is 152 cm³/mol. The van der Waals surface area contributed by atoms with Crippen molar-refractivity contribution in [3.05, 3.63) is 21.9 Å². The van der Waals surface area contributed by atoms with Crippen molar-refractivity contribution in [1.29, 1.82) is 0 Å². The van der Waals surface area contributed by atoms with E-state index in [4.69, 9.17) is 4.74 Å². The van der Waals surface area contributed by atoms with Crippen molar-refractivity contribution in [1.82, 2.24) is 5.32 Å². The molecule has 1 aromatic rings. The fourth-order valence-corrected chi connectivity index (χ4v) is 7.14. The Bertz CT molecular complexity index is 1040. The van der Waals surface area contributed by atoms with Crippen LogP contribution in [0.2, 0.25) is 0 Å². The van der Waals surface area contributed by atoms with Crippen LogP contribution in [0.1, 0.15) is 119 Å². The molecule has 3 aliphatic carbocycles. The van der Waals surface area contributed by atoms with Crippen molar-refractivity contribution in [2.45, 2.75) is 122 Å². The number of carbonyl (C=O) groups is 3. The molecule has 0 aliphatic heterocycles. The van der Waals surface area contributed by atoms with E-state index in [1.54, 1.807) is 0 Å². The SMILES string of the molecule is CC1CCC(C(=O)N(c2cc(C3=CCCCC3)sc2C(=O)O)C2CCC(NC(=O)OC(C)(C)C)CC2)CC1. The average molecular weight is 545 g/mol. The highest BCUT2D eigenvalue weighted by molar-refractivity contribution is 7.15. The number of thiophene rings is 1. The summed E-state index contributed by atoms with van der Waals surface area (Å²) in [5, 5.41) is 13.2. The minimum absolute atomic E-state index is 0.0158. The number of carboxylic acids is 1. The van der Waals surface area contributed by atoms with E-state index in [-0.39, 0.29) is 28.8 Å². The third-order valence-corrected chi connectivity index (χ3v) is 9.35. The molecule has 1 aromatic heterocycles. The molecule has 210 valence electrons. The van der Waals surface area contributed by atoms with Gasteiger partial charge in [-0.1, -0.05) is 13.0 Å². The Kier molecular flexibility index (Phi) is 9.22. The summed E-state index contributed by atoms with van der Waals surface area (Å²) in [5.74, 6) is -0.335. The summed E-state index contributed by atoms with van der Waals surface area (Å²) in [6.07, 6.45) is 12.7. The van der Waals surface area contributed by atoms with Crippen molar-refractivity contribution >= 4 is 40.6 Å². The van der Waals surface area contributed by atoms with Crippen LogP contribution in [0.3, 0.4) is 0 Å². The van der Waals surface area contributed by atoms with Crippen LogP contribution in [0.5, 0.6) is 0 Å². The Morgan fingerprint density at radius 3 is 2.29 bits per heavy atom. The molecule has 1 heterocycles. The lowest BCUT2D eigenvalue weighted by Gasteiger charge is -2.39. The molecule has 0 saturated heterocycles.